The lowest BCUT2D eigenvalue weighted by atomic mass is 10.1. The molecule has 0 aliphatic heterocycles. The second-order valence-electron chi connectivity index (χ2n) is 5.17. The Morgan fingerprint density at radius 1 is 1.09 bits per heavy atom. The van der Waals surface area contributed by atoms with E-state index in [9.17, 15) is 13.2 Å². The highest BCUT2D eigenvalue weighted by atomic mass is 79.9. The maximum Gasteiger partial charge on any atom is 0.264 e. The van der Waals surface area contributed by atoms with Crippen LogP contribution in [-0.2, 0) is 14.8 Å². The number of anilines is 1. The Labute approximate surface area is 149 Å². The van der Waals surface area contributed by atoms with E-state index in [0.29, 0.717) is 5.69 Å². The third-order valence-corrected chi connectivity index (χ3v) is 5.60. The number of carbonyl (C=O) groups is 1. The summed E-state index contributed by atoms with van der Waals surface area (Å²) in [5.41, 5.74) is 2.22. The number of rotatable bonds is 5. The molecule has 0 amide bonds. The molecule has 0 atom stereocenters. The van der Waals surface area contributed by atoms with E-state index in [2.05, 4.69) is 15.9 Å². The molecule has 0 fully saturated rings. The van der Waals surface area contributed by atoms with Crippen molar-refractivity contribution in [3.63, 3.8) is 0 Å². The molecule has 0 aliphatic rings. The molecular formula is C16H15BrClNO3S. The summed E-state index contributed by atoms with van der Waals surface area (Å²) in [5.74, 6) is 0. The molecule has 2 aromatic carbocycles. The number of nitrogens with zero attached hydrogens (tertiary/aromatic N) is 1. The van der Waals surface area contributed by atoms with E-state index < -0.39 is 21.8 Å². The Morgan fingerprint density at radius 2 is 1.61 bits per heavy atom. The summed E-state index contributed by atoms with van der Waals surface area (Å²) in [4.78, 5) is 11.5. The zero-order chi connectivity index (χ0) is 17.2. The Balaban J connectivity index is 2.57. The highest BCUT2D eigenvalue weighted by Gasteiger charge is 2.27. The molecule has 0 aliphatic carbocycles. The Bertz CT molecular complexity index is 815. The van der Waals surface area contributed by atoms with Crippen LogP contribution in [0.5, 0.6) is 0 Å². The van der Waals surface area contributed by atoms with Crippen molar-refractivity contribution in [3.8, 4) is 0 Å². The number of hydrogen-bond donors (Lipinski definition) is 0. The number of aryl methyl sites for hydroxylation is 2. The van der Waals surface area contributed by atoms with Crippen LogP contribution in [0.2, 0.25) is 0 Å². The first-order valence-electron chi connectivity index (χ1n) is 6.75. The van der Waals surface area contributed by atoms with Crippen LogP contribution in [0.3, 0.4) is 0 Å². The van der Waals surface area contributed by atoms with Crippen molar-refractivity contribution in [1.82, 2.24) is 0 Å². The van der Waals surface area contributed by atoms with Crippen LogP contribution in [0.15, 0.2) is 51.8 Å². The van der Waals surface area contributed by atoms with Crippen LogP contribution >= 0.6 is 27.5 Å². The smallest absolute Gasteiger partial charge is 0.264 e. The fraction of sp³-hybridized carbons (Fsp3) is 0.188. The lowest BCUT2D eigenvalue weighted by Crippen LogP contribution is -2.34. The van der Waals surface area contributed by atoms with Crippen LogP contribution in [0.4, 0.5) is 5.69 Å². The van der Waals surface area contributed by atoms with Crippen molar-refractivity contribution < 1.29 is 13.2 Å². The van der Waals surface area contributed by atoms with Gasteiger partial charge in [-0.3, -0.25) is 9.10 Å². The average Bonchev–Trinajstić information content (AvgIpc) is 2.43. The summed E-state index contributed by atoms with van der Waals surface area (Å²) in [6.45, 7) is 3.30. The van der Waals surface area contributed by atoms with Gasteiger partial charge in [0.15, 0.2) is 0 Å². The van der Waals surface area contributed by atoms with Crippen LogP contribution in [0.1, 0.15) is 11.1 Å². The van der Waals surface area contributed by atoms with Gasteiger partial charge in [-0.25, -0.2) is 8.42 Å². The minimum atomic E-state index is -3.89. The summed E-state index contributed by atoms with van der Waals surface area (Å²) in [7, 11) is -3.89. The van der Waals surface area contributed by atoms with Gasteiger partial charge in [0.05, 0.1) is 10.6 Å². The van der Waals surface area contributed by atoms with E-state index in [1.807, 2.05) is 19.9 Å². The van der Waals surface area contributed by atoms with Crippen molar-refractivity contribution in [1.29, 1.82) is 0 Å². The molecule has 2 rings (SSSR count). The third kappa shape index (κ3) is 4.34. The largest absolute Gasteiger partial charge is 0.279 e. The van der Waals surface area contributed by atoms with Crippen LogP contribution in [0, 0.1) is 13.8 Å². The van der Waals surface area contributed by atoms with Gasteiger partial charge in [0, 0.05) is 4.47 Å². The van der Waals surface area contributed by atoms with Gasteiger partial charge in [0.1, 0.15) is 6.54 Å². The fourth-order valence-electron chi connectivity index (χ4n) is 2.26. The van der Waals surface area contributed by atoms with E-state index in [1.165, 1.54) is 12.1 Å². The molecule has 0 saturated heterocycles. The van der Waals surface area contributed by atoms with Gasteiger partial charge >= 0.3 is 0 Å². The lowest BCUT2D eigenvalue weighted by molar-refractivity contribution is -0.110. The topological polar surface area (TPSA) is 54.5 Å². The molecule has 122 valence electrons. The van der Waals surface area contributed by atoms with Crippen molar-refractivity contribution in [2.75, 3.05) is 10.8 Å². The van der Waals surface area contributed by atoms with Gasteiger partial charge in [-0.1, -0.05) is 22.0 Å². The molecule has 0 radical (unpaired) electrons. The Hall–Kier alpha value is -1.37. The summed E-state index contributed by atoms with van der Waals surface area (Å²) in [5, 5.41) is -0.746. The van der Waals surface area contributed by atoms with Gasteiger partial charge in [-0.2, -0.15) is 0 Å². The second-order valence-corrected chi connectivity index (χ2v) is 8.37. The monoisotopic (exact) mass is 415 g/mol. The van der Waals surface area contributed by atoms with E-state index in [-0.39, 0.29) is 4.90 Å². The first-order valence-corrected chi connectivity index (χ1v) is 9.36. The molecule has 0 unspecified atom stereocenters. The molecular weight excluding hydrogens is 402 g/mol. The van der Waals surface area contributed by atoms with E-state index in [0.717, 1.165) is 19.9 Å². The third-order valence-electron chi connectivity index (χ3n) is 3.16. The van der Waals surface area contributed by atoms with Gasteiger partial charge in [-0.05, 0) is 73.0 Å². The predicted octanol–water partition coefficient (Wildman–Crippen LogP) is 4.03. The van der Waals surface area contributed by atoms with E-state index in [1.54, 1.807) is 24.3 Å². The first kappa shape index (κ1) is 18.0. The Kier molecular flexibility index (Phi) is 5.49. The molecule has 0 N–H and O–H groups in total. The maximum absolute atomic E-state index is 12.9. The molecule has 4 nitrogen and oxygen atoms in total. The second kappa shape index (κ2) is 7.03. The highest BCUT2D eigenvalue weighted by molar-refractivity contribution is 9.10. The molecule has 2 aromatic rings. The highest BCUT2D eigenvalue weighted by Crippen LogP contribution is 2.26. The summed E-state index contributed by atoms with van der Waals surface area (Å²) in [6, 6.07) is 11.6. The van der Waals surface area contributed by atoms with Crippen LogP contribution < -0.4 is 4.31 Å². The van der Waals surface area contributed by atoms with Crippen molar-refractivity contribution in [2.45, 2.75) is 18.7 Å². The molecule has 0 spiro atoms. The van der Waals surface area contributed by atoms with Gasteiger partial charge < -0.3 is 0 Å². The number of sulfonamides is 1. The van der Waals surface area contributed by atoms with Gasteiger partial charge in [0.2, 0.25) is 5.24 Å². The molecule has 0 saturated carbocycles. The number of carbonyl (C=O) groups excluding carboxylic acids is 1. The summed E-state index contributed by atoms with van der Waals surface area (Å²) < 4.78 is 27.6. The van der Waals surface area contributed by atoms with Gasteiger partial charge in [-0.15, -0.1) is 0 Å². The fourth-order valence-corrected chi connectivity index (χ4v) is 4.12. The number of halogens is 2. The zero-order valence-corrected chi connectivity index (χ0v) is 15.7. The number of hydrogen-bond acceptors (Lipinski definition) is 3. The normalized spacial score (nSPS) is 11.3. The molecule has 7 heteroatoms. The molecule has 23 heavy (non-hydrogen) atoms. The molecule has 0 bridgehead atoms. The maximum atomic E-state index is 12.9. The SMILES string of the molecule is Cc1cc(C)cc(N(CC(=O)Cl)S(=O)(=O)c2ccc(Br)cc2)c1. The quantitative estimate of drug-likeness (QED) is 0.692. The van der Waals surface area contributed by atoms with Crippen LogP contribution in [-0.4, -0.2) is 20.2 Å². The van der Waals surface area contributed by atoms with Crippen molar-refractivity contribution in [3.05, 3.63) is 58.1 Å². The predicted molar refractivity (Wildman–Crippen MR) is 95.4 cm³/mol. The van der Waals surface area contributed by atoms with Crippen molar-refractivity contribution in [2.24, 2.45) is 0 Å². The average molecular weight is 417 g/mol. The number of benzene rings is 2. The van der Waals surface area contributed by atoms with Crippen molar-refractivity contribution >= 4 is 48.5 Å². The first-order chi connectivity index (χ1) is 10.7. The summed E-state index contributed by atoms with van der Waals surface area (Å²) >= 11 is 8.74. The van der Waals surface area contributed by atoms with Gasteiger partial charge in [0.25, 0.3) is 10.0 Å². The van der Waals surface area contributed by atoms with Crippen LogP contribution in [0.25, 0.3) is 0 Å². The lowest BCUT2D eigenvalue weighted by Gasteiger charge is -2.24. The minimum absolute atomic E-state index is 0.0952. The summed E-state index contributed by atoms with van der Waals surface area (Å²) in [6.07, 6.45) is 0. The standard InChI is InChI=1S/C16H15BrClNO3S/c1-11-7-12(2)9-14(8-11)19(10-16(18)20)23(21,22)15-5-3-13(17)4-6-15/h3-9H,10H2,1-2H3. The van der Waals surface area contributed by atoms with E-state index in [4.69, 9.17) is 11.6 Å². The van der Waals surface area contributed by atoms with E-state index >= 15 is 0 Å². The molecule has 0 heterocycles. The molecule has 0 aromatic heterocycles. The zero-order valence-electron chi connectivity index (χ0n) is 12.6. The Morgan fingerprint density at radius 3 is 2.09 bits per heavy atom. The minimum Gasteiger partial charge on any atom is -0.279 e.